The van der Waals surface area contributed by atoms with Crippen molar-refractivity contribution in [2.24, 2.45) is 0 Å². The van der Waals surface area contributed by atoms with Crippen LogP contribution in [0.3, 0.4) is 0 Å². The molecule has 3 aromatic rings. The summed E-state index contributed by atoms with van der Waals surface area (Å²) < 4.78 is 1.94. The van der Waals surface area contributed by atoms with Crippen LogP contribution in [0.4, 0.5) is 0 Å². The minimum absolute atomic E-state index is 0. The fraction of sp³-hybridized carbons (Fsp3) is 0.250. The van der Waals surface area contributed by atoms with Crippen LogP contribution in [0.1, 0.15) is 52.7 Å². The minimum Gasteiger partial charge on any atom is -0.490 e. The molecule has 0 saturated carbocycles. The predicted molar refractivity (Wildman–Crippen MR) is 142 cm³/mol. The molecule has 29 radical (unpaired) electrons. The van der Waals surface area contributed by atoms with Gasteiger partial charge in [-0.1, -0.05) is 82.1 Å². The van der Waals surface area contributed by atoms with E-state index in [-0.39, 0.29) is 978 Å². The van der Waals surface area contributed by atoms with Crippen molar-refractivity contribution in [2.45, 2.75) is 47.0 Å². The number of hydrogen-bond acceptors (Lipinski definition) is 0. The van der Waals surface area contributed by atoms with Crippen molar-refractivity contribution in [3.8, 4) is 0 Å². The molecule has 0 N–H and O–H groups in total. The topological polar surface area (TPSA) is 4.93 Å². The van der Waals surface area contributed by atoms with E-state index in [0.29, 0.717) is 0 Å². The van der Waals surface area contributed by atoms with Crippen molar-refractivity contribution in [1.82, 2.24) is 4.57 Å². The molecule has 0 spiro atoms. The first-order valence-electron chi connectivity index (χ1n) is 9.17. The van der Waals surface area contributed by atoms with Crippen LogP contribution in [-0.2, 0) is 954 Å². The number of hydrogen-bond donors (Lipinski definition) is 0. The zero-order chi connectivity index (χ0) is 19.8. The molecule has 0 saturated heterocycles. The molecular formula is C28H46NY29-9. The van der Waals surface area contributed by atoms with Crippen LogP contribution in [0.5, 0.6) is 0 Å². The minimum atomic E-state index is -0.694. The number of aromatic nitrogens is 1. The van der Waals surface area contributed by atoms with Crippen LogP contribution in [0.15, 0.2) is 36.4 Å². The van der Waals surface area contributed by atoms with Gasteiger partial charge >= 0.3 is 0 Å². The van der Waals surface area contributed by atoms with Gasteiger partial charge in [0.2, 0.25) is 0 Å². The van der Waals surface area contributed by atoms with E-state index in [1.165, 1.54) is 5.39 Å². The van der Waals surface area contributed by atoms with Gasteiger partial charge in [-0.15, -0.1) is 18.6 Å². The summed E-state index contributed by atoms with van der Waals surface area (Å²) in [6.45, 7) is 28.3. The Balaban J connectivity index is -0.00000000444. The molecule has 0 aliphatic rings. The molecule has 0 fully saturated rings. The summed E-state index contributed by atoms with van der Waals surface area (Å²) in [7, 11) is 4.16. The summed E-state index contributed by atoms with van der Waals surface area (Å²) in [5, 5.41) is 2.33. The SMILES string of the molecule is CC.CC.CC.[CH2-]c1ccc2c3ccccc3n([CH2-])c2c1C([CH2-])([CH2-])[CH2-].[CH3-].[CH3-].[CH3-].[CH3-].[Y].[Y].[Y].[Y].[Y].[Y].[Y].[Y].[Y].[Y].[Y].[Y].[Y].[Y].[Y].[Y].[Y].[Y].[Y].[Y].[Y].[Y].[Y].[Y].[Y].[Y].[Y].[Y].[Y]. The zero-order valence-corrected chi connectivity index (χ0v) is 120. The number of fused-ring (bicyclic) bond motifs is 3. The summed E-state index contributed by atoms with van der Waals surface area (Å²) in [4.78, 5) is 0. The maximum atomic E-state index is 4.16. The summed E-state index contributed by atoms with van der Waals surface area (Å²) in [6.07, 6.45) is 0. The van der Waals surface area contributed by atoms with Gasteiger partial charge < -0.3 is 60.5 Å². The third-order valence-corrected chi connectivity index (χ3v) is 3.55. The van der Waals surface area contributed by atoms with Gasteiger partial charge in [-0.3, -0.25) is 5.56 Å². The number of nitrogens with zero attached hydrogens (tertiary/aromatic N) is 1. The molecule has 2 aromatic carbocycles. The van der Waals surface area contributed by atoms with E-state index in [9.17, 15) is 0 Å². The van der Waals surface area contributed by atoms with Gasteiger partial charge in [-0.05, 0) is 0 Å². The van der Waals surface area contributed by atoms with Crippen LogP contribution in [-0.4, -0.2) is 4.57 Å². The maximum Gasteiger partial charge on any atom is 0 e. The molecule has 0 unspecified atom stereocenters. The molecule has 3 rings (SSSR count). The van der Waals surface area contributed by atoms with Crippen molar-refractivity contribution in [3.63, 3.8) is 0 Å². The zero-order valence-electron chi connectivity index (χ0n) is 37.7. The summed E-state index contributed by atoms with van der Waals surface area (Å²) in [5.74, 6) is 0. The van der Waals surface area contributed by atoms with Crippen LogP contribution < -0.4 is 0 Å². The van der Waals surface area contributed by atoms with E-state index in [0.717, 1.165) is 27.5 Å². The Morgan fingerprint density at radius 1 is 0.362 bits per heavy atom. The molecule has 1 nitrogen and oxygen atoms in total. The Bertz CT molecular complexity index is 828. The average Bonchev–Trinajstić information content (AvgIpc) is 2.92. The summed E-state index contributed by atoms with van der Waals surface area (Å²) >= 11 is 0. The van der Waals surface area contributed by atoms with E-state index in [1.807, 2.05) is 64.3 Å². The first-order chi connectivity index (χ1) is 11.9. The van der Waals surface area contributed by atoms with Crippen LogP contribution in [0.25, 0.3) is 21.8 Å². The number of benzene rings is 2. The van der Waals surface area contributed by atoms with E-state index in [4.69, 9.17) is 0 Å². The average molecular weight is 2970 g/mol. The van der Waals surface area contributed by atoms with Gasteiger partial charge in [0.15, 0.2) is 0 Å². The smallest absolute Gasteiger partial charge is 0 e. The molecule has 30 heteroatoms. The van der Waals surface area contributed by atoms with Gasteiger partial charge in [0.1, 0.15) is 0 Å². The molecule has 0 amide bonds. The molecule has 0 aliphatic carbocycles. The van der Waals surface area contributed by atoms with Gasteiger partial charge in [0.25, 0.3) is 0 Å². The monoisotopic (exact) mass is 2970 g/mol. The van der Waals surface area contributed by atoms with Crippen molar-refractivity contribution < 1.29 is 949 Å². The summed E-state index contributed by atoms with van der Waals surface area (Å²) in [6, 6.07) is 12.3. The second-order valence-electron chi connectivity index (χ2n) is 5.22. The van der Waals surface area contributed by atoms with E-state index < -0.39 is 5.41 Å². The largest absolute Gasteiger partial charge is 0.490 e. The molecular weight excluding hydrogens is 2930 g/mol. The van der Waals surface area contributed by atoms with Gasteiger partial charge in [-0.25, -0.2) is 5.56 Å². The normalized spacial score (nSPS) is 4.36. The van der Waals surface area contributed by atoms with E-state index in [2.05, 4.69) is 52.9 Å². The quantitative estimate of drug-likeness (QED) is 0.215. The Morgan fingerprint density at radius 3 is 0.810 bits per heavy atom. The third-order valence-electron chi connectivity index (χ3n) is 3.55. The van der Waals surface area contributed by atoms with Crippen molar-refractivity contribution >= 4 is 21.8 Å². The Labute approximate surface area is 1100 Å². The molecule has 0 bridgehead atoms. The van der Waals surface area contributed by atoms with Crippen molar-refractivity contribution in [2.75, 3.05) is 0 Å². The molecule has 58 heavy (non-hydrogen) atoms. The van der Waals surface area contributed by atoms with E-state index >= 15 is 0 Å². The Hall–Kier alpha value is 30.0. The van der Waals surface area contributed by atoms with Crippen molar-refractivity contribution in [3.05, 3.63) is 112 Å². The second kappa shape index (κ2) is 162. The molecule has 1 heterocycles. The fourth-order valence-electron chi connectivity index (χ4n) is 2.78. The molecule has 0 aliphatic heterocycles. The third kappa shape index (κ3) is 108. The van der Waals surface area contributed by atoms with Gasteiger partial charge in [0.05, 0.1) is 0 Å². The standard InChI is InChI=1S/C18H16N.3C2H6.4CH3.29Y/c1-12-10-11-14-13-8-6-7-9-15(13)19(5)17(14)16(12)18(2,3)4;3*1-2;;;;;;;;;;;;;;;;;;;;;;;;;;;;;;;;;/h6-11H,1-5H2;3*1-2H3;4*1H3;;;;;;;;;;;;;;;;;;;;;;;;;;;;;/q-5;;;;4*-1;;;;;;;;;;;;;;;;;;;;;;;;;;;;;. The summed E-state index contributed by atoms with van der Waals surface area (Å²) in [5.41, 5.74) is 3.28. The molecule has 0 atom stereocenters. The van der Waals surface area contributed by atoms with E-state index in [1.54, 1.807) is 0 Å². The number of rotatable bonds is 1. The first kappa shape index (κ1) is 228. The maximum absolute atomic E-state index is 4.16. The van der Waals surface area contributed by atoms with Gasteiger partial charge in [-0.2, -0.15) is 13.0 Å². The Morgan fingerprint density at radius 2 is 0.586 bits per heavy atom. The van der Waals surface area contributed by atoms with Gasteiger partial charge in [0, 0.05) is 949 Å². The first-order valence-corrected chi connectivity index (χ1v) is 9.17. The number of para-hydroxylation sites is 1. The fourth-order valence-corrected chi connectivity index (χ4v) is 2.78. The van der Waals surface area contributed by atoms with Crippen LogP contribution in [0.2, 0.25) is 0 Å². The second-order valence-corrected chi connectivity index (χ2v) is 5.22. The predicted octanol–water partition coefficient (Wildman–Crippen LogP) is 9.16. The van der Waals surface area contributed by atoms with Crippen LogP contribution >= 0.6 is 0 Å². The van der Waals surface area contributed by atoms with Crippen molar-refractivity contribution in [1.29, 1.82) is 0 Å². The molecule has 1 aromatic heterocycles. The van der Waals surface area contributed by atoms with Crippen LogP contribution in [0, 0.1) is 64.4 Å². The Kier molecular flexibility index (Phi) is 638. The molecule has 259 valence electrons.